The average molecular weight is 237 g/mol. The lowest BCUT2D eigenvalue weighted by Gasteiger charge is -2.36. The molecule has 2 saturated heterocycles. The van der Waals surface area contributed by atoms with Crippen molar-refractivity contribution < 1.29 is 13.8 Å². The molecule has 2 fully saturated rings. The van der Waals surface area contributed by atoms with Crippen LogP contribution in [0.5, 0.6) is 0 Å². The summed E-state index contributed by atoms with van der Waals surface area (Å²) in [6.45, 7) is 2.22. The highest BCUT2D eigenvalue weighted by Gasteiger charge is 2.38. The molecule has 2 heterocycles. The third-order valence-corrected chi connectivity index (χ3v) is 7.37. The number of hydrogen-bond donors (Lipinski definition) is 0. The fraction of sp³-hybridized carbons (Fsp3) is 1.00. The van der Waals surface area contributed by atoms with Crippen molar-refractivity contribution in [3.8, 4) is 0 Å². The smallest absolute Gasteiger partial charge is 0.329 e. The first kappa shape index (κ1) is 11.0. The zero-order valence-electron chi connectivity index (χ0n) is 8.35. The number of ether oxygens (including phenoxy) is 1. The van der Waals surface area contributed by atoms with Crippen molar-refractivity contribution in [2.24, 2.45) is 0 Å². The SMILES string of the molecule is CC1CCSP(=O)(N2CCOCC2)O1. The van der Waals surface area contributed by atoms with E-state index in [4.69, 9.17) is 9.26 Å². The average Bonchev–Trinajstić information content (AvgIpc) is 2.19. The Labute approximate surface area is 88.6 Å². The van der Waals surface area contributed by atoms with Crippen molar-refractivity contribution in [2.75, 3.05) is 32.1 Å². The Bertz CT molecular complexity index is 245. The molecule has 2 unspecified atom stereocenters. The van der Waals surface area contributed by atoms with Crippen LogP contribution in [0.4, 0.5) is 0 Å². The molecule has 0 aromatic heterocycles. The van der Waals surface area contributed by atoms with Crippen LogP contribution in [0.1, 0.15) is 13.3 Å². The van der Waals surface area contributed by atoms with Crippen LogP contribution in [0.15, 0.2) is 0 Å². The number of hydrogen-bond acceptors (Lipinski definition) is 4. The zero-order valence-corrected chi connectivity index (χ0v) is 10.1. The van der Waals surface area contributed by atoms with Gasteiger partial charge in [0.05, 0.1) is 19.3 Å². The molecule has 0 N–H and O–H groups in total. The van der Waals surface area contributed by atoms with E-state index in [2.05, 4.69) is 0 Å². The first-order valence-electron chi connectivity index (χ1n) is 4.97. The van der Waals surface area contributed by atoms with Crippen LogP contribution in [-0.2, 0) is 13.8 Å². The lowest BCUT2D eigenvalue weighted by Crippen LogP contribution is -2.35. The topological polar surface area (TPSA) is 38.8 Å². The molecular weight excluding hydrogens is 221 g/mol. The summed E-state index contributed by atoms with van der Waals surface area (Å²) in [5.74, 6) is 0.940. The minimum absolute atomic E-state index is 0.130. The summed E-state index contributed by atoms with van der Waals surface area (Å²) in [7, 11) is 0. The summed E-state index contributed by atoms with van der Waals surface area (Å²) in [4.78, 5) is 0. The van der Waals surface area contributed by atoms with Gasteiger partial charge >= 0.3 is 6.72 Å². The predicted octanol–water partition coefficient (Wildman–Crippen LogP) is 1.97. The van der Waals surface area contributed by atoms with E-state index in [1.807, 2.05) is 11.6 Å². The van der Waals surface area contributed by atoms with Crippen molar-refractivity contribution in [1.29, 1.82) is 0 Å². The van der Waals surface area contributed by atoms with Gasteiger partial charge in [0.2, 0.25) is 0 Å². The van der Waals surface area contributed by atoms with E-state index >= 15 is 0 Å². The van der Waals surface area contributed by atoms with Gasteiger partial charge in [-0.05, 0) is 13.3 Å². The summed E-state index contributed by atoms with van der Waals surface area (Å²) in [5.41, 5.74) is 0. The molecule has 0 bridgehead atoms. The van der Waals surface area contributed by atoms with Crippen molar-refractivity contribution >= 4 is 18.1 Å². The van der Waals surface area contributed by atoms with Gasteiger partial charge in [-0.2, -0.15) is 0 Å². The van der Waals surface area contributed by atoms with E-state index in [9.17, 15) is 4.57 Å². The van der Waals surface area contributed by atoms with Crippen LogP contribution in [-0.4, -0.2) is 42.8 Å². The van der Waals surface area contributed by atoms with E-state index in [0.717, 1.165) is 25.3 Å². The molecule has 0 saturated carbocycles. The summed E-state index contributed by atoms with van der Waals surface area (Å²) in [5, 5.41) is 0. The largest absolute Gasteiger partial charge is 0.379 e. The molecule has 2 atom stereocenters. The molecule has 14 heavy (non-hydrogen) atoms. The Kier molecular flexibility index (Phi) is 3.55. The summed E-state index contributed by atoms with van der Waals surface area (Å²) in [6.07, 6.45) is 1.13. The first-order chi connectivity index (χ1) is 6.71. The molecule has 0 spiro atoms. The van der Waals surface area contributed by atoms with Gasteiger partial charge in [-0.1, -0.05) is 11.4 Å². The van der Waals surface area contributed by atoms with Gasteiger partial charge in [0, 0.05) is 18.8 Å². The Morgan fingerprint density at radius 2 is 2.14 bits per heavy atom. The Hall–Kier alpha value is 0.460. The normalized spacial score (nSPS) is 41.1. The van der Waals surface area contributed by atoms with Crippen LogP contribution < -0.4 is 0 Å². The number of rotatable bonds is 1. The van der Waals surface area contributed by atoms with Gasteiger partial charge in [0.25, 0.3) is 0 Å². The van der Waals surface area contributed by atoms with Crippen LogP contribution in [0, 0.1) is 0 Å². The first-order valence-corrected chi connectivity index (χ1v) is 8.14. The maximum Gasteiger partial charge on any atom is 0.329 e. The highest BCUT2D eigenvalue weighted by atomic mass is 32.7. The standard InChI is InChI=1S/C8H16NO3PS/c1-8-2-7-14-13(10,12-8)9-3-5-11-6-4-9/h8H,2-7H2,1H3. The van der Waals surface area contributed by atoms with Gasteiger partial charge in [-0.15, -0.1) is 0 Å². The molecule has 2 rings (SSSR count). The molecule has 6 heteroatoms. The van der Waals surface area contributed by atoms with Crippen molar-refractivity contribution in [3.05, 3.63) is 0 Å². The highest BCUT2D eigenvalue weighted by Crippen LogP contribution is 2.65. The molecule has 0 radical (unpaired) electrons. The number of morpholine rings is 1. The quantitative estimate of drug-likeness (QED) is 0.652. The molecule has 2 aliphatic rings. The van der Waals surface area contributed by atoms with Crippen molar-refractivity contribution in [1.82, 2.24) is 4.67 Å². The van der Waals surface area contributed by atoms with Gasteiger partial charge in [-0.3, -0.25) is 4.57 Å². The van der Waals surface area contributed by atoms with Gasteiger partial charge in [-0.25, -0.2) is 4.67 Å². The Morgan fingerprint density at radius 3 is 2.79 bits per heavy atom. The third-order valence-electron chi connectivity index (χ3n) is 2.43. The van der Waals surface area contributed by atoms with Crippen molar-refractivity contribution in [2.45, 2.75) is 19.4 Å². The lowest BCUT2D eigenvalue weighted by molar-refractivity contribution is 0.0632. The van der Waals surface area contributed by atoms with Gasteiger partial charge < -0.3 is 9.26 Å². The number of nitrogens with zero attached hydrogens (tertiary/aromatic N) is 1. The lowest BCUT2D eigenvalue weighted by atomic mass is 10.3. The molecule has 4 nitrogen and oxygen atoms in total. The Balaban J connectivity index is 2.02. The van der Waals surface area contributed by atoms with E-state index in [0.29, 0.717) is 13.2 Å². The van der Waals surface area contributed by atoms with Gasteiger partial charge in [0.1, 0.15) is 0 Å². The second-order valence-electron chi connectivity index (χ2n) is 3.57. The molecular formula is C8H16NO3PS. The maximum absolute atomic E-state index is 12.4. The molecule has 2 aliphatic heterocycles. The molecule has 0 aromatic carbocycles. The Morgan fingerprint density at radius 1 is 1.43 bits per heavy atom. The molecule has 0 aliphatic carbocycles. The zero-order chi connectivity index (χ0) is 10.0. The fourth-order valence-electron chi connectivity index (χ4n) is 1.59. The maximum atomic E-state index is 12.4. The summed E-state index contributed by atoms with van der Waals surface area (Å²) >= 11 is 1.48. The molecule has 0 aromatic rings. The second kappa shape index (κ2) is 4.54. The van der Waals surface area contributed by atoms with Crippen molar-refractivity contribution in [3.63, 3.8) is 0 Å². The van der Waals surface area contributed by atoms with E-state index < -0.39 is 6.72 Å². The van der Waals surface area contributed by atoms with Gasteiger partial charge in [0.15, 0.2) is 0 Å². The second-order valence-corrected chi connectivity index (χ2v) is 8.11. The van der Waals surface area contributed by atoms with Crippen LogP contribution >= 0.6 is 18.1 Å². The minimum atomic E-state index is -2.57. The van der Waals surface area contributed by atoms with E-state index in [1.165, 1.54) is 11.4 Å². The minimum Gasteiger partial charge on any atom is -0.379 e. The van der Waals surface area contributed by atoms with E-state index in [1.54, 1.807) is 0 Å². The summed E-state index contributed by atoms with van der Waals surface area (Å²) < 4.78 is 25.2. The van der Waals surface area contributed by atoms with Crippen LogP contribution in [0.3, 0.4) is 0 Å². The predicted molar refractivity (Wildman–Crippen MR) is 57.6 cm³/mol. The molecule has 0 amide bonds. The third kappa shape index (κ3) is 2.34. The summed E-state index contributed by atoms with van der Waals surface area (Å²) in [6, 6.07) is 0. The monoisotopic (exact) mass is 237 g/mol. The highest BCUT2D eigenvalue weighted by molar-refractivity contribution is 8.55. The van der Waals surface area contributed by atoms with Crippen LogP contribution in [0.25, 0.3) is 0 Å². The van der Waals surface area contributed by atoms with E-state index in [-0.39, 0.29) is 6.10 Å². The fourth-order valence-corrected chi connectivity index (χ4v) is 6.44. The molecule has 82 valence electrons. The van der Waals surface area contributed by atoms with Crippen LogP contribution in [0.2, 0.25) is 0 Å².